The van der Waals surface area contributed by atoms with Gasteiger partial charge in [-0.1, -0.05) is 13.8 Å². The zero-order valence-corrected chi connectivity index (χ0v) is 14.7. The Kier molecular flexibility index (Phi) is 5.64. The van der Waals surface area contributed by atoms with Crippen LogP contribution in [0.4, 0.5) is 13.2 Å². The van der Waals surface area contributed by atoms with E-state index in [1.807, 2.05) is 0 Å². The van der Waals surface area contributed by atoms with Gasteiger partial charge in [-0.25, -0.2) is 9.50 Å². The number of hydrogen-bond donors (Lipinski definition) is 1. The molecule has 0 bridgehead atoms. The number of nitrogens with one attached hydrogen (secondary N) is 1. The van der Waals surface area contributed by atoms with E-state index in [4.69, 9.17) is 0 Å². The van der Waals surface area contributed by atoms with E-state index < -0.39 is 12.0 Å². The van der Waals surface area contributed by atoms with Crippen LogP contribution in [-0.4, -0.2) is 32.0 Å². The zero-order valence-electron chi connectivity index (χ0n) is 14.7. The van der Waals surface area contributed by atoms with Gasteiger partial charge in [-0.05, 0) is 38.2 Å². The van der Waals surface area contributed by atoms with Gasteiger partial charge >= 0.3 is 6.18 Å². The van der Waals surface area contributed by atoms with E-state index in [9.17, 15) is 18.0 Å². The second-order valence-electron chi connectivity index (χ2n) is 6.44. The first-order valence-electron chi connectivity index (χ1n) is 8.16. The van der Waals surface area contributed by atoms with Crippen molar-refractivity contribution >= 4 is 11.7 Å². The molecule has 2 heterocycles. The molecule has 0 spiro atoms. The predicted molar refractivity (Wildman–Crippen MR) is 86.0 cm³/mol. The van der Waals surface area contributed by atoms with Gasteiger partial charge in [-0.2, -0.15) is 18.2 Å². The van der Waals surface area contributed by atoms with Crippen LogP contribution in [0.2, 0.25) is 0 Å². The summed E-state index contributed by atoms with van der Waals surface area (Å²) in [5.41, 5.74) is 1.78. The molecule has 0 unspecified atom stereocenters. The molecule has 25 heavy (non-hydrogen) atoms. The molecule has 0 radical (unpaired) electrons. The first kappa shape index (κ1) is 19.1. The second kappa shape index (κ2) is 7.37. The molecule has 1 amide bonds. The van der Waals surface area contributed by atoms with E-state index in [1.54, 1.807) is 13.8 Å². The molecule has 9 heteroatoms. The van der Waals surface area contributed by atoms with Gasteiger partial charge in [0.1, 0.15) is 0 Å². The number of carbonyl (C=O) groups excluding carboxylic acids is 1. The van der Waals surface area contributed by atoms with Crippen LogP contribution < -0.4 is 5.32 Å². The Bertz CT molecular complexity index is 767. The van der Waals surface area contributed by atoms with Crippen molar-refractivity contribution in [2.45, 2.75) is 53.1 Å². The van der Waals surface area contributed by atoms with Gasteiger partial charge in [-0.3, -0.25) is 4.79 Å². The van der Waals surface area contributed by atoms with Crippen LogP contribution in [0.1, 0.15) is 49.5 Å². The Labute approximate surface area is 143 Å². The van der Waals surface area contributed by atoms with Crippen molar-refractivity contribution in [3.05, 3.63) is 22.8 Å². The molecule has 0 saturated carbocycles. The average molecular weight is 357 g/mol. The highest BCUT2D eigenvalue weighted by Crippen LogP contribution is 2.27. The molecule has 1 N–H and O–H groups in total. The number of nitrogens with zero attached hydrogens (tertiary/aromatic N) is 4. The van der Waals surface area contributed by atoms with E-state index >= 15 is 0 Å². The van der Waals surface area contributed by atoms with Crippen LogP contribution in [0.5, 0.6) is 0 Å². The molecule has 0 atom stereocenters. The highest BCUT2D eigenvalue weighted by Gasteiger charge is 2.36. The lowest BCUT2D eigenvalue weighted by atomic mass is 10.1. The monoisotopic (exact) mass is 357 g/mol. The van der Waals surface area contributed by atoms with E-state index in [0.29, 0.717) is 35.8 Å². The molecular weight excluding hydrogens is 335 g/mol. The summed E-state index contributed by atoms with van der Waals surface area (Å²) in [5.74, 6) is -0.890. The van der Waals surface area contributed by atoms with Crippen LogP contribution in [0, 0.1) is 19.8 Å². The maximum Gasteiger partial charge on any atom is 0.453 e. The summed E-state index contributed by atoms with van der Waals surface area (Å²) < 4.78 is 39.4. The Hall–Kier alpha value is -2.19. The Morgan fingerprint density at radius 3 is 2.52 bits per heavy atom. The lowest BCUT2D eigenvalue weighted by molar-refractivity contribution is -0.144. The van der Waals surface area contributed by atoms with Gasteiger partial charge in [0.2, 0.25) is 5.91 Å². The Morgan fingerprint density at radius 2 is 1.92 bits per heavy atom. The molecule has 0 aromatic carbocycles. The van der Waals surface area contributed by atoms with E-state index in [0.717, 1.165) is 10.9 Å². The Balaban J connectivity index is 2.14. The van der Waals surface area contributed by atoms with Gasteiger partial charge in [0.25, 0.3) is 11.6 Å². The molecule has 2 aromatic heterocycles. The Morgan fingerprint density at radius 1 is 1.24 bits per heavy atom. The third-order valence-corrected chi connectivity index (χ3v) is 3.95. The molecule has 0 aliphatic heterocycles. The molecule has 0 aliphatic rings. The van der Waals surface area contributed by atoms with Crippen molar-refractivity contribution in [1.29, 1.82) is 0 Å². The third kappa shape index (κ3) is 4.67. The number of fused-ring (bicyclic) bond motifs is 1. The number of amides is 1. The number of halogens is 3. The van der Waals surface area contributed by atoms with Crippen LogP contribution >= 0.6 is 0 Å². The average Bonchev–Trinajstić information content (AvgIpc) is 2.90. The summed E-state index contributed by atoms with van der Waals surface area (Å²) in [4.78, 5) is 19.4. The van der Waals surface area contributed by atoms with Crippen LogP contribution in [0.15, 0.2) is 0 Å². The zero-order chi connectivity index (χ0) is 18.8. The fourth-order valence-corrected chi connectivity index (χ4v) is 2.52. The third-order valence-electron chi connectivity index (χ3n) is 3.95. The number of hydrogen-bond acceptors (Lipinski definition) is 4. The fraction of sp³-hybridized carbons (Fsp3) is 0.625. The fourth-order valence-electron chi connectivity index (χ4n) is 2.52. The van der Waals surface area contributed by atoms with E-state index in [-0.39, 0.29) is 18.1 Å². The summed E-state index contributed by atoms with van der Waals surface area (Å²) in [6.07, 6.45) is -3.09. The topological polar surface area (TPSA) is 72.2 Å². The summed E-state index contributed by atoms with van der Waals surface area (Å²) in [6, 6.07) is 0. The first-order valence-corrected chi connectivity index (χ1v) is 8.16. The minimum absolute atomic E-state index is 0.0888. The SMILES string of the molecule is Cc1nc2nc(C(F)(F)F)nn2c(C)c1CCC(=O)NCCC(C)C. The normalized spacial score (nSPS) is 12.2. The summed E-state index contributed by atoms with van der Waals surface area (Å²) in [5, 5.41) is 6.34. The smallest absolute Gasteiger partial charge is 0.356 e. The number of aryl methyl sites for hydroxylation is 2. The van der Waals surface area contributed by atoms with Gasteiger partial charge in [0.05, 0.1) is 0 Å². The minimum Gasteiger partial charge on any atom is -0.356 e. The molecule has 0 saturated heterocycles. The largest absolute Gasteiger partial charge is 0.453 e. The lowest BCUT2D eigenvalue weighted by Crippen LogP contribution is -2.25. The predicted octanol–water partition coefficient (Wildman–Crippen LogP) is 2.85. The maximum absolute atomic E-state index is 12.8. The molecule has 6 nitrogen and oxygen atoms in total. The van der Waals surface area contributed by atoms with Crippen molar-refractivity contribution in [2.75, 3.05) is 6.54 Å². The van der Waals surface area contributed by atoms with Gasteiger partial charge in [0.15, 0.2) is 0 Å². The van der Waals surface area contributed by atoms with Gasteiger partial charge in [-0.15, -0.1) is 5.10 Å². The summed E-state index contributed by atoms with van der Waals surface area (Å²) in [7, 11) is 0. The van der Waals surface area contributed by atoms with E-state index in [1.165, 1.54) is 0 Å². The molecular formula is C16H22F3N5O. The summed E-state index contributed by atoms with van der Waals surface area (Å²) in [6.45, 7) is 8.12. The van der Waals surface area contributed by atoms with Crippen molar-refractivity contribution in [2.24, 2.45) is 5.92 Å². The maximum atomic E-state index is 12.8. The molecule has 138 valence electrons. The lowest BCUT2D eigenvalue weighted by Gasteiger charge is -2.11. The molecule has 0 fully saturated rings. The highest BCUT2D eigenvalue weighted by atomic mass is 19.4. The summed E-state index contributed by atoms with van der Waals surface area (Å²) >= 11 is 0. The van der Waals surface area contributed by atoms with Crippen molar-refractivity contribution in [3.8, 4) is 0 Å². The quantitative estimate of drug-likeness (QED) is 0.863. The minimum atomic E-state index is -4.62. The molecule has 2 aromatic rings. The van der Waals surface area contributed by atoms with Crippen molar-refractivity contribution in [3.63, 3.8) is 0 Å². The van der Waals surface area contributed by atoms with Gasteiger partial charge in [0, 0.05) is 24.4 Å². The van der Waals surface area contributed by atoms with Gasteiger partial charge < -0.3 is 5.32 Å². The van der Waals surface area contributed by atoms with Crippen molar-refractivity contribution < 1.29 is 18.0 Å². The number of alkyl halides is 3. The number of carbonyl (C=O) groups is 1. The molecule has 2 rings (SSSR count). The highest BCUT2D eigenvalue weighted by molar-refractivity contribution is 5.76. The van der Waals surface area contributed by atoms with E-state index in [2.05, 4.69) is 34.2 Å². The second-order valence-corrected chi connectivity index (χ2v) is 6.44. The van der Waals surface area contributed by atoms with Crippen LogP contribution in [0.3, 0.4) is 0 Å². The van der Waals surface area contributed by atoms with Crippen LogP contribution in [0.25, 0.3) is 5.78 Å². The standard InChI is InChI=1S/C16H22F3N5O/c1-9(2)7-8-20-13(25)6-5-12-10(3)21-15-22-14(16(17,18)19)23-24(15)11(12)4/h9H,5-8H2,1-4H3,(H,20,25). The molecule has 0 aliphatic carbocycles. The first-order chi connectivity index (χ1) is 11.6. The van der Waals surface area contributed by atoms with Crippen molar-refractivity contribution in [1.82, 2.24) is 24.9 Å². The van der Waals surface area contributed by atoms with Crippen LogP contribution in [-0.2, 0) is 17.4 Å². The number of aromatic nitrogens is 4. The number of rotatable bonds is 6.